The van der Waals surface area contributed by atoms with Crippen LogP contribution in [-0.2, 0) is 0 Å². The number of likely N-dealkylation sites (tertiary alicyclic amines) is 1. The maximum absolute atomic E-state index is 12.9. The zero-order valence-corrected chi connectivity index (χ0v) is 19.5. The Bertz CT molecular complexity index is 1210. The minimum atomic E-state index is -0.222. The van der Waals surface area contributed by atoms with Gasteiger partial charge in [-0.1, -0.05) is 78.9 Å². The molecule has 3 aromatic carbocycles. The van der Waals surface area contributed by atoms with E-state index < -0.39 is 0 Å². The summed E-state index contributed by atoms with van der Waals surface area (Å²) in [6, 6.07) is 29.0. The number of rotatable bonds is 6. The second-order valence-corrected chi connectivity index (χ2v) is 8.99. The minimum Gasteiger partial charge on any atom is -0.451 e. The number of piperidine rings is 1. The fraction of sp³-hybridized carbons (Fsp3) is 0.241. The summed E-state index contributed by atoms with van der Waals surface area (Å²) in [4.78, 5) is 27.5. The number of carbonyl (C=O) groups excluding carboxylic acids is 2. The van der Waals surface area contributed by atoms with Gasteiger partial charge in [-0.15, -0.1) is 0 Å². The summed E-state index contributed by atoms with van der Waals surface area (Å²) in [6.45, 7) is 1.88. The monoisotopic (exact) mass is 467 g/mol. The molecule has 0 unspecified atom stereocenters. The molecule has 0 radical (unpaired) electrons. The average molecular weight is 468 g/mol. The van der Waals surface area contributed by atoms with Crippen LogP contribution in [0.25, 0.3) is 11.0 Å². The number of para-hydroxylation sites is 1. The standard InChI is InChI=1S/C29H29N3O3/c33-28(26-19-24-13-7-8-14-25(24)35-26)32-17-15-21(16-18-32)20-30-29(34)31-27(22-9-3-1-4-10-22)23-11-5-2-6-12-23/h1-14,19,21,27H,15-18,20H2,(H2,30,31,34). The van der Waals surface area contributed by atoms with Crippen molar-refractivity contribution in [1.82, 2.24) is 15.5 Å². The van der Waals surface area contributed by atoms with Crippen molar-refractivity contribution in [3.05, 3.63) is 108 Å². The molecule has 0 bridgehead atoms. The van der Waals surface area contributed by atoms with Gasteiger partial charge in [0.25, 0.3) is 5.91 Å². The third-order valence-corrected chi connectivity index (χ3v) is 6.63. The van der Waals surface area contributed by atoms with E-state index in [1.807, 2.05) is 95.9 Å². The van der Waals surface area contributed by atoms with Crippen LogP contribution in [0.3, 0.4) is 0 Å². The quantitative estimate of drug-likeness (QED) is 0.400. The summed E-state index contributed by atoms with van der Waals surface area (Å²) in [5.41, 5.74) is 2.79. The van der Waals surface area contributed by atoms with Gasteiger partial charge >= 0.3 is 6.03 Å². The lowest BCUT2D eigenvalue weighted by Crippen LogP contribution is -2.44. The normalized spacial score (nSPS) is 14.3. The molecule has 1 saturated heterocycles. The van der Waals surface area contributed by atoms with Gasteiger partial charge in [-0.2, -0.15) is 0 Å². The molecule has 1 fully saturated rings. The molecule has 1 aliphatic heterocycles. The number of hydrogen-bond donors (Lipinski definition) is 2. The Balaban J connectivity index is 1.13. The molecule has 4 aromatic rings. The smallest absolute Gasteiger partial charge is 0.315 e. The number of amides is 3. The van der Waals surface area contributed by atoms with Gasteiger partial charge in [0.2, 0.25) is 0 Å². The van der Waals surface area contributed by atoms with Crippen LogP contribution in [0.15, 0.2) is 95.4 Å². The predicted octanol–water partition coefficient (Wildman–Crippen LogP) is 5.37. The highest BCUT2D eigenvalue weighted by Gasteiger charge is 2.26. The van der Waals surface area contributed by atoms with Crippen molar-refractivity contribution < 1.29 is 14.0 Å². The first-order valence-electron chi connectivity index (χ1n) is 12.1. The average Bonchev–Trinajstić information content (AvgIpc) is 3.36. The number of hydrogen-bond acceptors (Lipinski definition) is 3. The van der Waals surface area contributed by atoms with Crippen LogP contribution < -0.4 is 10.6 Å². The fourth-order valence-corrected chi connectivity index (χ4v) is 4.65. The maximum Gasteiger partial charge on any atom is 0.315 e. The van der Waals surface area contributed by atoms with Gasteiger partial charge in [0.05, 0.1) is 6.04 Å². The summed E-state index contributed by atoms with van der Waals surface area (Å²) in [5, 5.41) is 7.10. The molecule has 0 spiro atoms. The Kier molecular flexibility index (Phi) is 6.80. The first kappa shape index (κ1) is 22.7. The van der Waals surface area contributed by atoms with Crippen LogP contribution in [0.4, 0.5) is 4.79 Å². The third kappa shape index (κ3) is 5.38. The second-order valence-electron chi connectivity index (χ2n) is 8.99. The van der Waals surface area contributed by atoms with E-state index in [1.165, 1.54) is 0 Å². The zero-order valence-electron chi connectivity index (χ0n) is 19.5. The van der Waals surface area contributed by atoms with Gasteiger partial charge in [0, 0.05) is 25.0 Å². The molecule has 178 valence electrons. The van der Waals surface area contributed by atoms with Crippen molar-refractivity contribution in [2.75, 3.05) is 19.6 Å². The summed E-state index contributed by atoms with van der Waals surface area (Å²) < 4.78 is 5.74. The highest BCUT2D eigenvalue weighted by atomic mass is 16.3. The number of fused-ring (bicyclic) bond motifs is 1. The number of benzene rings is 3. The maximum atomic E-state index is 12.9. The van der Waals surface area contributed by atoms with Gasteiger partial charge in [-0.05, 0) is 42.0 Å². The lowest BCUT2D eigenvalue weighted by molar-refractivity contribution is 0.0661. The first-order valence-corrected chi connectivity index (χ1v) is 12.1. The van der Waals surface area contributed by atoms with Crippen LogP contribution in [0, 0.1) is 5.92 Å². The lowest BCUT2D eigenvalue weighted by Gasteiger charge is -2.31. The van der Waals surface area contributed by atoms with E-state index in [1.54, 1.807) is 0 Å². The SMILES string of the molecule is O=C(NCC1CCN(C(=O)c2cc3ccccc3o2)CC1)NC(c1ccccc1)c1ccccc1. The Morgan fingerprint density at radius 3 is 2.09 bits per heavy atom. The Labute approximate surface area is 204 Å². The van der Waals surface area contributed by atoms with Crippen molar-refractivity contribution in [1.29, 1.82) is 0 Å². The van der Waals surface area contributed by atoms with Crippen molar-refractivity contribution >= 4 is 22.9 Å². The largest absolute Gasteiger partial charge is 0.451 e. The number of nitrogens with one attached hydrogen (secondary N) is 2. The molecule has 35 heavy (non-hydrogen) atoms. The van der Waals surface area contributed by atoms with Gasteiger partial charge in [0.1, 0.15) is 5.58 Å². The van der Waals surface area contributed by atoms with Crippen LogP contribution in [-0.4, -0.2) is 36.5 Å². The molecule has 5 rings (SSSR count). The van der Waals surface area contributed by atoms with Crippen molar-refractivity contribution in [2.24, 2.45) is 5.92 Å². The van der Waals surface area contributed by atoms with Crippen molar-refractivity contribution in [3.63, 3.8) is 0 Å². The Hall–Kier alpha value is -4.06. The molecule has 1 aromatic heterocycles. The van der Waals surface area contributed by atoms with E-state index in [0.717, 1.165) is 34.9 Å². The third-order valence-electron chi connectivity index (χ3n) is 6.63. The molecule has 2 N–H and O–H groups in total. The number of carbonyl (C=O) groups is 2. The Morgan fingerprint density at radius 1 is 0.857 bits per heavy atom. The molecular weight excluding hydrogens is 438 g/mol. The molecule has 6 nitrogen and oxygen atoms in total. The highest BCUT2D eigenvalue weighted by Crippen LogP contribution is 2.24. The van der Waals surface area contributed by atoms with E-state index in [0.29, 0.717) is 31.3 Å². The molecule has 0 atom stereocenters. The van der Waals surface area contributed by atoms with E-state index in [-0.39, 0.29) is 18.0 Å². The summed E-state index contributed by atoms with van der Waals surface area (Å²) in [5.74, 6) is 0.640. The highest BCUT2D eigenvalue weighted by molar-refractivity contribution is 5.96. The van der Waals surface area contributed by atoms with Crippen LogP contribution in [0.5, 0.6) is 0 Å². The van der Waals surface area contributed by atoms with Gasteiger partial charge in [-0.25, -0.2) is 4.79 Å². The van der Waals surface area contributed by atoms with E-state index in [9.17, 15) is 9.59 Å². The van der Waals surface area contributed by atoms with Gasteiger partial charge in [0.15, 0.2) is 5.76 Å². The number of nitrogens with zero attached hydrogens (tertiary/aromatic N) is 1. The van der Waals surface area contributed by atoms with Crippen LogP contribution in [0.1, 0.15) is 40.6 Å². The number of furan rings is 1. The molecule has 0 saturated carbocycles. The molecule has 3 amide bonds. The first-order chi connectivity index (χ1) is 17.2. The summed E-state index contributed by atoms with van der Waals surface area (Å²) >= 11 is 0. The molecule has 1 aliphatic rings. The van der Waals surface area contributed by atoms with E-state index >= 15 is 0 Å². The van der Waals surface area contributed by atoms with Crippen molar-refractivity contribution in [3.8, 4) is 0 Å². The van der Waals surface area contributed by atoms with Crippen LogP contribution in [0.2, 0.25) is 0 Å². The lowest BCUT2D eigenvalue weighted by atomic mass is 9.96. The summed E-state index contributed by atoms with van der Waals surface area (Å²) in [7, 11) is 0. The molecule has 0 aliphatic carbocycles. The number of urea groups is 1. The van der Waals surface area contributed by atoms with Gasteiger partial charge < -0.3 is 20.0 Å². The second kappa shape index (κ2) is 10.5. The van der Waals surface area contributed by atoms with Crippen molar-refractivity contribution in [2.45, 2.75) is 18.9 Å². The Morgan fingerprint density at radius 2 is 1.46 bits per heavy atom. The topological polar surface area (TPSA) is 74.6 Å². The zero-order chi connectivity index (χ0) is 24.0. The minimum absolute atomic E-state index is 0.0704. The molecular formula is C29H29N3O3. The predicted molar refractivity (Wildman–Crippen MR) is 136 cm³/mol. The van der Waals surface area contributed by atoms with Gasteiger partial charge in [-0.3, -0.25) is 4.79 Å². The van der Waals surface area contributed by atoms with E-state index in [4.69, 9.17) is 4.42 Å². The van der Waals surface area contributed by atoms with E-state index in [2.05, 4.69) is 10.6 Å². The molecule has 6 heteroatoms. The van der Waals surface area contributed by atoms with Crippen LogP contribution >= 0.6 is 0 Å². The summed E-state index contributed by atoms with van der Waals surface area (Å²) in [6.07, 6.45) is 1.68. The molecule has 2 heterocycles. The fourth-order valence-electron chi connectivity index (χ4n) is 4.65.